The number of thiocarbonyl (C=S) groups is 1. The average molecular weight is 324 g/mol. The summed E-state index contributed by atoms with van der Waals surface area (Å²) in [4.78, 5) is 3.48. The molecule has 0 saturated carbocycles. The number of benzene rings is 2. The smallest absolute Gasteiger partial charge is 1.00 e. The van der Waals surface area contributed by atoms with E-state index in [-0.39, 0.29) is 31.0 Å². The Hall–Kier alpha value is -0.520. The van der Waals surface area contributed by atoms with Crippen LogP contribution in [-0.2, 0) is 0 Å². The van der Waals surface area contributed by atoms with Crippen molar-refractivity contribution < 1.29 is 31.0 Å². The molecule has 0 amide bonds. The largest absolute Gasteiger partial charge is 1.00 e. The van der Waals surface area contributed by atoms with E-state index in [0.717, 1.165) is 33.2 Å². The Bertz CT molecular complexity index is 773. The summed E-state index contributed by atoms with van der Waals surface area (Å²) in [6.45, 7) is 2.16. The second-order valence-corrected chi connectivity index (χ2v) is 6.43. The van der Waals surface area contributed by atoms with Crippen molar-refractivity contribution in [2.45, 2.75) is 13.3 Å². The number of aromatic amines is 1. The standard InChI is InChI=1S/C16H16N2S2.Na.H/c1-2-10-20-16(19)18-14-9-5-7-12-11-6-3-4-8-13(11)17-15(12)14;;/h3-9,17H,2,10H2,1H3,(H,18,19);;/q;+1;-1. The minimum absolute atomic E-state index is 0. The van der Waals surface area contributed by atoms with Gasteiger partial charge in [0.25, 0.3) is 0 Å². The van der Waals surface area contributed by atoms with Gasteiger partial charge in [0.15, 0.2) is 0 Å². The number of hydrogen-bond acceptors (Lipinski definition) is 2. The van der Waals surface area contributed by atoms with E-state index in [9.17, 15) is 0 Å². The van der Waals surface area contributed by atoms with E-state index in [0.29, 0.717) is 0 Å². The van der Waals surface area contributed by atoms with Crippen LogP contribution in [0.3, 0.4) is 0 Å². The van der Waals surface area contributed by atoms with Crippen LogP contribution in [0.25, 0.3) is 21.8 Å². The molecule has 5 heteroatoms. The fraction of sp³-hybridized carbons (Fsp3) is 0.188. The van der Waals surface area contributed by atoms with Gasteiger partial charge in [-0.25, -0.2) is 0 Å². The van der Waals surface area contributed by atoms with Crippen LogP contribution in [-0.4, -0.2) is 15.1 Å². The predicted octanol–water partition coefficient (Wildman–Crippen LogP) is 2.28. The monoisotopic (exact) mass is 324 g/mol. The molecule has 0 aliphatic heterocycles. The number of fused-ring (bicyclic) bond motifs is 3. The van der Waals surface area contributed by atoms with Crippen molar-refractivity contribution in [3.8, 4) is 0 Å². The Morgan fingerprint density at radius 2 is 1.95 bits per heavy atom. The maximum atomic E-state index is 5.38. The zero-order valence-electron chi connectivity index (χ0n) is 13.3. The predicted molar refractivity (Wildman–Crippen MR) is 95.9 cm³/mol. The summed E-state index contributed by atoms with van der Waals surface area (Å²) in [5.41, 5.74) is 3.32. The molecule has 1 heterocycles. The molecule has 104 valence electrons. The van der Waals surface area contributed by atoms with Crippen LogP contribution in [0.15, 0.2) is 42.5 Å². The van der Waals surface area contributed by atoms with E-state index < -0.39 is 0 Å². The molecule has 21 heavy (non-hydrogen) atoms. The van der Waals surface area contributed by atoms with Gasteiger partial charge in [-0.15, -0.1) is 0 Å². The maximum Gasteiger partial charge on any atom is 1.00 e. The Labute approximate surface area is 157 Å². The van der Waals surface area contributed by atoms with E-state index in [1.807, 2.05) is 6.07 Å². The van der Waals surface area contributed by atoms with E-state index >= 15 is 0 Å². The van der Waals surface area contributed by atoms with Crippen molar-refractivity contribution in [2.75, 3.05) is 11.1 Å². The fourth-order valence-electron chi connectivity index (χ4n) is 2.32. The van der Waals surface area contributed by atoms with Gasteiger partial charge in [-0.2, -0.15) is 0 Å². The Balaban J connectivity index is 0.00000121. The zero-order chi connectivity index (χ0) is 13.9. The van der Waals surface area contributed by atoms with Gasteiger partial charge in [0, 0.05) is 16.3 Å². The van der Waals surface area contributed by atoms with Gasteiger partial charge >= 0.3 is 29.6 Å². The number of rotatable bonds is 3. The molecule has 0 bridgehead atoms. The third kappa shape index (κ3) is 3.63. The summed E-state index contributed by atoms with van der Waals surface area (Å²) >= 11 is 7.08. The van der Waals surface area contributed by atoms with Crippen LogP contribution < -0.4 is 34.9 Å². The third-order valence-corrected chi connectivity index (χ3v) is 4.65. The first kappa shape index (κ1) is 16.8. The molecule has 3 aromatic rings. The third-order valence-electron chi connectivity index (χ3n) is 3.22. The van der Waals surface area contributed by atoms with Crippen LogP contribution in [0, 0.1) is 0 Å². The molecular formula is C16H17N2NaS2. The molecule has 0 radical (unpaired) electrons. The first-order valence-corrected chi connectivity index (χ1v) is 8.12. The van der Waals surface area contributed by atoms with Gasteiger partial charge in [-0.3, -0.25) is 0 Å². The maximum absolute atomic E-state index is 5.38. The molecule has 0 fully saturated rings. The molecule has 0 aliphatic rings. The fourth-order valence-corrected chi connectivity index (χ4v) is 3.25. The number of anilines is 1. The molecule has 2 nitrogen and oxygen atoms in total. The van der Waals surface area contributed by atoms with Crippen LogP contribution >= 0.6 is 24.0 Å². The molecule has 0 saturated heterocycles. The molecule has 0 atom stereocenters. The minimum Gasteiger partial charge on any atom is -1.00 e. The van der Waals surface area contributed by atoms with Crippen molar-refractivity contribution in [3.63, 3.8) is 0 Å². The molecule has 0 spiro atoms. The minimum atomic E-state index is 0. The SMILES string of the molecule is CCCSC(=S)Nc1cccc2c1[nH]c1ccccc12.[H-].[Na+]. The molecule has 3 rings (SSSR count). The molecule has 2 aromatic carbocycles. The first-order chi connectivity index (χ1) is 9.79. The van der Waals surface area contributed by atoms with Crippen LogP contribution in [0.4, 0.5) is 5.69 Å². The zero-order valence-corrected chi connectivity index (χ0v) is 15.9. The average Bonchev–Trinajstić information content (AvgIpc) is 2.85. The molecule has 2 N–H and O–H groups in total. The summed E-state index contributed by atoms with van der Waals surface area (Å²) in [7, 11) is 0. The Kier molecular flexibility index (Phi) is 6.14. The second-order valence-electron chi connectivity index (χ2n) is 4.66. The van der Waals surface area contributed by atoms with Crippen molar-refractivity contribution in [1.82, 2.24) is 4.98 Å². The summed E-state index contributed by atoms with van der Waals surface area (Å²) in [6, 6.07) is 14.6. The summed E-state index contributed by atoms with van der Waals surface area (Å²) in [5.74, 6) is 1.05. The number of H-pyrrole nitrogens is 1. The number of para-hydroxylation sites is 2. The van der Waals surface area contributed by atoms with Crippen LogP contribution in [0.5, 0.6) is 0 Å². The summed E-state index contributed by atoms with van der Waals surface area (Å²) in [6.07, 6.45) is 1.13. The van der Waals surface area contributed by atoms with Crippen LogP contribution in [0.1, 0.15) is 14.8 Å². The summed E-state index contributed by atoms with van der Waals surface area (Å²) < 4.78 is 0.831. The van der Waals surface area contributed by atoms with E-state index in [2.05, 4.69) is 53.6 Å². The van der Waals surface area contributed by atoms with Gasteiger partial charge in [-0.1, -0.05) is 61.2 Å². The molecule has 1 aromatic heterocycles. The van der Waals surface area contributed by atoms with Crippen molar-refractivity contribution in [3.05, 3.63) is 42.5 Å². The van der Waals surface area contributed by atoms with Crippen molar-refractivity contribution in [2.24, 2.45) is 0 Å². The molecule has 0 unspecified atom stereocenters. The van der Waals surface area contributed by atoms with Crippen molar-refractivity contribution >= 4 is 55.8 Å². The Morgan fingerprint density at radius 3 is 2.76 bits per heavy atom. The first-order valence-electron chi connectivity index (χ1n) is 6.73. The van der Waals surface area contributed by atoms with Gasteiger partial charge in [-0.05, 0) is 24.3 Å². The molecule has 0 aliphatic carbocycles. The number of aromatic nitrogens is 1. The normalized spacial score (nSPS) is 10.5. The Morgan fingerprint density at radius 1 is 1.19 bits per heavy atom. The van der Waals surface area contributed by atoms with E-state index in [4.69, 9.17) is 12.2 Å². The van der Waals surface area contributed by atoms with Gasteiger partial charge < -0.3 is 11.7 Å². The quantitative estimate of drug-likeness (QED) is 0.572. The van der Waals surface area contributed by atoms with Gasteiger partial charge in [0.1, 0.15) is 4.32 Å². The van der Waals surface area contributed by atoms with Crippen LogP contribution in [0.2, 0.25) is 0 Å². The number of hydrogen-bond donors (Lipinski definition) is 2. The van der Waals surface area contributed by atoms with Crippen molar-refractivity contribution in [1.29, 1.82) is 0 Å². The van der Waals surface area contributed by atoms with Gasteiger partial charge in [0.05, 0.1) is 11.2 Å². The van der Waals surface area contributed by atoms with E-state index in [1.54, 1.807) is 11.8 Å². The van der Waals surface area contributed by atoms with E-state index in [1.165, 1.54) is 10.8 Å². The number of nitrogens with one attached hydrogen (secondary N) is 2. The van der Waals surface area contributed by atoms with Gasteiger partial charge in [0.2, 0.25) is 0 Å². The molecular weight excluding hydrogens is 307 g/mol. The number of thioether (sulfide) groups is 1. The topological polar surface area (TPSA) is 27.8 Å². The second kappa shape index (κ2) is 7.65. The summed E-state index contributed by atoms with van der Waals surface area (Å²) in [5, 5.41) is 5.82.